The number of nitrogens with one attached hydrogen (secondary N) is 1. The minimum absolute atomic E-state index is 0.0272. The molecule has 3 rings (SSSR count). The first-order valence-corrected chi connectivity index (χ1v) is 11.2. The molecule has 0 aliphatic carbocycles. The van der Waals surface area contributed by atoms with Crippen LogP contribution in [0.2, 0.25) is 0 Å². The lowest BCUT2D eigenvalue weighted by molar-refractivity contribution is -0.143. The van der Waals surface area contributed by atoms with Crippen LogP contribution in [0.1, 0.15) is 32.1 Å². The highest BCUT2D eigenvalue weighted by molar-refractivity contribution is 5.91. The van der Waals surface area contributed by atoms with Gasteiger partial charge in [-0.05, 0) is 69.3 Å². The lowest BCUT2D eigenvalue weighted by Gasteiger charge is -2.39. The normalized spacial score (nSPS) is 22.3. The van der Waals surface area contributed by atoms with Gasteiger partial charge in [-0.3, -0.25) is 9.59 Å². The van der Waals surface area contributed by atoms with Gasteiger partial charge in [-0.25, -0.2) is 4.79 Å². The minimum Gasteiger partial charge on any atom is -0.495 e. The van der Waals surface area contributed by atoms with Gasteiger partial charge in [-0.15, -0.1) is 0 Å². The number of carbonyl (C=O) groups excluding carboxylic acids is 1. The second-order valence-corrected chi connectivity index (χ2v) is 8.73. The fourth-order valence-corrected chi connectivity index (χ4v) is 4.78. The van der Waals surface area contributed by atoms with Gasteiger partial charge < -0.3 is 30.1 Å². The first kappa shape index (κ1) is 23.8. The summed E-state index contributed by atoms with van der Waals surface area (Å²) in [7, 11) is 1.55. The molecule has 32 heavy (non-hydrogen) atoms. The Kier molecular flexibility index (Phi) is 8.33. The lowest BCUT2D eigenvalue weighted by atomic mass is 9.81. The number of piperidine rings is 2. The first-order chi connectivity index (χ1) is 15.4. The van der Waals surface area contributed by atoms with Crippen molar-refractivity contribution in [2.24, 2.45) is 17.8 Å². The first-order valence-electron chi connectivity index (χ1n) is 11.2. The number of hydrogen-bond donors (Lipinski definition) is 3. The summed E-state index contributed by atoms with van der Waals surface area (Å²) in [5.74, 6) is -1.11. The van der Waals surface area contributed by atoms with E-state index in [0.717, 1.165) is 26.1 Å². The zero-order valence-electron chi connectivity index (χ0n) is 18.5. The van der Waals surface area contributed by atoms with Crippen molar-refractivity contribution >= 4 is 23.7 Å². The molecule has 9 heteroatoms. The summed E-state index contributed by atoms with van der Waals surface area (Å²) in [6, 6.07) is 7.02. The van der Waals surface area contributed by atoms with Crippen LogP contribution in [-0.4, -0.2) is 77.8 Å². The highest BCUT2D eigenvalue weighted by Crippen LogP contribution is 2.31. The Morgan fingerprint density at radius 2 is 1.78 bits per heavy atom. The van der Waals surface area contributed by atoms with Gasteiger partial charge in [0.1, 0.15) is 5.75 Å². The standard InChI is InChI=1S/C23H33N3O6/c1-32-20-5-3-2-4-19(20)24-23(31)26-13-9-17(14-21(27)28)18(15-26)8-12-25-10-6-16(7-11-25)22(29)30/h2-5,16-18H,6-15H2,1H3,(H,24,31)(H,27,28)(H,29,30). The number of benzene rings is 1. The molecule has 0 spiro atoms. The van der Waals surface area contributed by atoms with Gasteiger partial charge in [0.15, 0.2) is 0 Å². The Labute approximate surface area is 188 Å². The highest BCUT2D eigenvalue weighted by Gasteiger charge is 2.33. The SMILES string of the molecule is COc1ccccc1NC(=O)N1CCC(CC(=O)O)C(CCN2CCC(C(=O)O)CC2)C1. The Morgan fingerprint density at radius 3 is 2.44 bits per heavy atom. The molecule has 2 unspecified atom stereocenters. The molecular formula is C23H33N3O6. The summed E-state index contributed by atoms with van der Waals surface area (Å²) in [5, 5.41) is 21.4. The van der Waals surface area contributed by atoms with Crippen molar-refractivity contribution in [3.05, 3.63) is 24.3 Å². The number of rotatable bonds is 8. The van der Waals surface area contributed by atoms with Gasteiger partial charge in [0.25, 0.3) is 0 Å². The van der Waals surface area contributed by atoms with E-state index in [1.807, 2.05) is 12.1 Å². The van der Waals surface area contributed by atoms with Crippen molar-refractivity contribution < 1.29 is 29.3 Å². The van der Waals surface area contributed by atoms with Gasteiger partial charge >= 0.3 is 18.0 Å². The molecule has 2 heterocycles. The zero-order valence-corrected chi connectivity index (χ0v) is 18.5. The molecule has 1 aromatic rings. The van der Waals surface area contributed by atoms with Crippen LogP contribution in [0.3, 0.4) is 0 Å². The molecule has 2 amide bonds. The number of nitrogens with zero attached hydrogens (tertiary/aromatic N) is 2. The van der Waals surface area contributed by atoms with Crippen LogP contribution in [0.25, 0.3) is 0 Å². The molecule has 2 aliphatic heterocycles. The van der Waals surface area contributed by atoms with E-state index in [-0.39, 0.29) is 30.2 Å². The Morgan fingerprint density at radius 1 is 1.06 bits per heavy atom. The molecule has 3 N–H and O–H groups in total. The van der Waals surface area contributed by atoms with Crippen molar-refractivity contribution in [2.75, 3.05) is 45.2 Å². The number of urea groups is 1. The number of amides is 2. The summed E-state index contributed by atoms with van der Waals surface area (Å²) in [4.78, 5) is 39.4. The minimum atomic E-state index is -0.811. The number of hydrogen-bond acceptors (Lipinski definition) is 5. The average Bonchev–Trinajstić information content (AvgIpc) is 2.78. The Hall–Kier alpha value is -2.81. The lowest BCUT2D eigenvalue weighted by Crippen LogP contribution is -2.47. The van der Waals surface area contributed by atoms with Crippen LogP contribution in [-0.2, 0) is 9.59 Å². The molecule has 2 atom stereocenters. The van der Waals surface area contributed by atoms with Crippen LogP contribution in [0.5, 0.6) is 5.75 Å². The summed E-state index contributed by atoms with van der Waals surface area (Å²) in [5.41, 5.74) is 0.602. The molecule has 176 valence electrons. The van der Waals surface area contributed by atoms with Crippen molar-refractivity contribution in [2.45, 2.75) is 32.1 Å². The molecule has 0 radical (unpaired) electrons. The third-order valence-electron chi connectivity index (χ3n) is 6.72. The topological polar surface area (TPSA) is 119 Å². The van der Waals surface area contributed by atoms with Crippen molar-refractivity contribution in [1.82, 2.24) is 9.80 Å². The van der Waals surface area contributed by atoms with Gasteiger partial charge in [-0.1, -0.05) is 12.1 Å². The molecular weight excluding hydrogens is 414 g/mol. The van der Waals surface area contributed by atoms with E-state index in [1.54, 1.807) is 24.1 Å². The quantitative estimate of drug-likeness (QED) is 0.560. The number of para-hydroxylation sites is 2. The summed E-state index contributed by atoms with van der Waals surface area (Å²) < 4.78 is 5.30. The number of likely N-dealkylation sites (tertiary alicyclic amines) is 2. The largest absolute Gasteiger partial charge is 0.495 e. The molecule has 0 saturated carbocycles. The fraction of sp³-hybridized carbons (Fsp3) is 0.609. The molecule has 2 aliphatic rings. The van der Waals surface area contributed by atoms with E-state index in [9.17, 15) is 24.6 Å². The van der Waals surface area contributed by atoms with Crippen molar-refractivity contribution in [1.29, 1.82) is 0 Å². The number of ether oxygens (including phenoxy) is 1. The van der Waals surface area contributed by atoms with E-state index in [0.29, 0.717) is 43.8 Å². The van der Waals surface area contributed by atoms with E-state index in [2.05, 4.69) is 10.2 Å². The Bertz CT molecular complexity index is 809. The summed E-state index contributed by atoms with van der Waals surface area (Å²) in [6.07, 6.45) is 2.83. The van der Waals surface area contributed by atoms with Gasteiger partial charge in [0.2, 0.25) is 0 Å². The summed E-state index contributed by atoms with van der Waals surface area (Å²) in [6.45, 7) is 3.29. The fourth-order valence-electron chi connectivity index (χ4n) is 4.78. The van der Waals surface area contributed by atoms with Crippen LogP contribution in [0.15, 0.2) is 24.3 Å². The summed E-state index contributed by atoms with van der Waals surface area (Å²) >= 11 is 0. The number of aliphatic carboxylic acids is 2. The molecule has 9 nitrogen and oxygen atoms in total. The highest BCUT2D eigenvalue weighted by atomic mass is 16.5. The van der Waals surface area contributed by atoms with E-state index in [1.165, 1.54) is 0 Å². The number of carbonyl (C=O) groups is 3. The van der Waals surface area contributed by atoms with E-state index in [4.69, 9.17) is 4.74 Å². The predicted molar refractivity (Wildman–Crippen MR) is 119 cm³/mol. The molecule has 2 saturated heterocycles. The second kappa shape index (κ2) is 11.2. The molecule has 1 aromatic carbocycles. The molecule has 2 fully saturated rings. The van der Waals surface area contributed by atoms with E-state index < -0.39 is 11.9 Å². The maximum absolute atomic E-state index is 12.9. The molecule has 0 bridgehead atoms. The van der Waals surface area contributed by atoms with Gasteiger partial charge in [0, 0.05) is 19.5 Å². The van der Waals surface area contributed by atoms with Crippen molar-refractivity contribution in [3.63, 3.8) is 0 Å². The van der Waals surface area contributed by atoms with Crippen LogP contribution < -0.4 is 10.1 Å². The van der Waals surface area contributed by atoms with E-state index >= 15 is 0 Å². The maximum atomic E-state index is 12.9. The second-order valence-electron chi connectivity index (χ2n) is 8.73. The van der Waals surface area contributed by atoms with Crippen LogP contribution in [0, 0.1) is 17.8 Å². The van der Waals surface area contributed by atoms with Gasteiger partial charge in [0.05, 0.1) is 18.7 Å². The zero-order chi connectivity index (χ0) is 23.1. The number of methoxy groups -OCH3 is 1. The van der Waals surface area contributed by atoms with Crippen LogP contribution in [0.4, 0.5) is 10.5 Å². The average molecular weight is 448 g/mol. The maximum Gasteiger partial charge on any atom is 0.321 e. The smallest absolute Gasteiger partial charge is 0.321 e. The third-order valence-corrected chi connectivity index (χ3v) is 6.72. The van der Waals surface area contributed by atoms with Crippen LogP contribution >= 0.6 is 0 Å². The number of anilines is 1. The molecule has 0 aromatic heterocycles. The Balaban J connectivity index is 1.58. The third kappa shape index (κ3) is 6.35. The van der Waals surface area contributed by atoms with Crippen molar-refractivity contribution in [3.8, 4) is 5.75 Å². The predicted octanol–water partition coefficient (Wildman–Crippen LogP) is 2.83. The monoisotopic (exact) mass is 447 g/mol. The number of carboxylic acid groups (broad SMARTS) is 2. The van der Waals surface area contributed by atoms with Gasteiger partial charge in [-0.2, -0.15) is 0 Å². The number of carboxylic acids is 2.